The fourth-order valence-electron chi connectivity index (χ4n) is 2.97. The van der Waals surface area contributed by atoms with Gasteiger partial charge >= 0.3 is 5.97 Å². The van der Waals surface area contributed by atoms with Crippen LogP contribution in [-0.2, 0) is 16.1 Å². The van der Waals surface area contributed by atoms with Crippen molar-refractivity contribution in [2.45, 2.75) is 38.0 Å². The van der Waals surface area contributed by atoms with E-state index in [0.29, 0.717) is 23.7 Å². The molecule has 1 aromatic rings. The van der Waals surface area contributed by atoms with Gasteiger partial charge in [0, 0.05) is 17.1 Å². The van der Waals surface area contributed by atoms with E-state index < -0.39 is 0 Å². The quantitative estimate of drug-likeness (QED) is 0.854. The van der Waals surface area contributed by atoms with E-state index in [2.05, 4.69) is 5.32 Å². The fourth-order valence-corrected chi connectivity index (χ4v) is 3.19. The number of hydrogen-bond donors (Lipinski definition) is 1. The van der Waals surface area contributed by atoms with E-state index >= 15 is 0 Å². The number of fused-ring (bicyclic) bond motifs is 2. The van der Waals surface area contributed by atoms with E-state index in [9.17, 15) is 4.79 Å². The number of benzene rings is 1. The van der Waals surface area contributed by atoms with E-state index in [-0.39, 0.29) is 11.9 Å². The number of esters is 1. The molecule has 0 spiro atoms. The number of carbonyl (C=O) groups excluding carboxylic acids is 1. The average molecular weight is 266 g/mol. The summed E-state index contributed by atoms with van der Waals surface area (Å²) in [6, 6.07) is 8.28. The molecule has 1 aromatic carbocycles. The zero-order valence-corrected chi connectivity index (χ0v) is 10.8. The first-order valence-electron chi connectivity index (χ1n) is 6.39. The third-order valence-electron chi connectivity index (χ3n) is 3.87. The molecule has 2 aliphatic rings. The van der Waals surface area contributed by atoms with Crippen LogP contribution in [0, 0.1) is 5.92 Å². The zero-order chi connectivity index (χ0) is 12.5. The summed E-state index contributed by atoms with van der Waals surface area (Å²) in [5, 5.41) is 4.12. The molecule has 2 heterocycles. The van der Waals surface area contributed by atoms with Crippen molar-refractivity contribution in [3.05, 3.63) is 34.9 Å². The second-order valence-electron chi connectivity index (χ2n) is 5.13. The summed E-state index contributed by atoms with van der Waals surface area (Å²) < 4.78 is 5.38. The van der Waals surface area contributed by atoms with Crippen LogP contribution in [0.15, 0.2) is 24.3 Å². The van der Waals surface area contributed by atoms with E-state index in [0.717, 1.165) is 18.4 Å². The van der Waals surface area contributed by atoms with Crippen molar-refractivity contribution in [1.29, 1.82) is 0 Å². The third-order valence-corrected chi connectivity index (χ3v) is 4.11. The first-order valence-corrected chi connectivity index (χ1v) is 6.77. The van der Waals surface area contributed by atoms with Gasteiger partial charge in [-0.05, 0) is 37.0 Å². The maximum atomic E-state index is 12.0. The van der Waals surface area contributed by atoms with Gasteiger partial charge in [-0.1, -0.05) is 23.7 Å². The van der Waals surface area contributed by atoms with Gasteiger partial charge in [0.05, 0.1) is 5.92 Å². The maximum absolute atomic E-state index is 12.0. The van der Waals surface area contributed by atoms with E-state index in [4.69, 9.17) is 16.3 Å². The predicted molar refractivity (Wildman–Crippen MR) is 69.3 cm³/mol. The van der Waals surface area contributed by atoms with E-state index in [1.165, 1.54) is 6.42 Å². The molecule has 1 N–H and O–H groups in total. The monoisotopic (exact) mass is 265 g/mol. The molecule has 96 valence electrons. The van der Waals surface area contributed by atoms with E-state index in [1.54, 1.807) is 0 Å². The van der Waals surface area contributed by atoms with Crippen LogP contribution < -0.4 is 5.32 Å². The van der Waals surface area contributed by atoms with Crippen LogP contribution in [0.4, 0.5) is 0 Å². The fraction of sp³-hybridized carbons (Fsp3) is 0.500. The summed E-state index contributed by atoms with van der Waals surface area (Å²) in [7, 11) is 0. The molecule has 0 amide bonds. The van der Waals surface area contributed by atoms with Gasteiger partial charge in [0.1, 0.15) is 6.61 Å². The van der Waals surface area contributed by atoms with Crippen molar-refractivity contribution >= 4 is 17.6 Å². The predicted octanol–water partition coefficient (Wildman–Crippen LogP) is 2.52. The molecule has 2 aliphatic heterocycles. The Bertz CT molecular complexity index is 463. The van der Waals surface area contributed by atoms with E-state index in [1.807, 2.05) is 24.3 Å². The Morgan fingerprint density at radius 3 is 3.00 bits per heavy atom. The molecule has 0 aromatic heterocycles. The molecule has 0 radical (unpaired) electrons. The lowest BCUT2D eigenvalue weighted by molar-refractivity contribution is -0.150. The topological polar surface area (TPSA) is 38.3 Å². The molecule has 0 aliphatic carbocycles. The SMILES string of the molecule is O=C(OCc1cccc(Cl)c1)C1CC2CCC1N2. The molecule has 3 atom stereocenters. The highest BCUT2D eigenvalue weighted by atomic mass is 35.5. The molecular weight excluding hydrogens is 250 g/mol. The molecule has 18 heavy (non-hydrogen) atoms. The number of nitrogens with one attached hydrogen (secondary N) is 1. The second kappa shape index (κ2) is 4.90. The summed E-state index contributed by atoms with van der Waals surface area (Å²) in [5.74, 6) is -0.0300. The summed E-state index contributed by atoms with van der Waals surface area (Å²) in [6.07, 6.45) is 3.23. The normalized spacial score (nSPS) is 29.5. The molecule has 2 bridgehead atoms. The highest BCUT2D eigenvalue weighted by Gasteiger charge is 2.43. The molecule has 2 fully saturated rings. The van der Waals surface area contributed by atoms with Crippen molar-refractivity contribution in [1.82, 2.24) is 5.32 Å². The van der Waals surface area contributed by atoms with Crippen molar-refractivity contribution in [2.75, 3.05) is 0 Å². The lowest BCUT2D eigenvalue weighted by atomic mass is 9.89. The number of halogens is 1. The largest absolute Gasteiger partial charge is 0.461 e. The summed E-state index contributed by atoms with van der Waals surface area (Å²) in [5.41, 5.74) is 0.937. The van der Waals surface area contributed by atoms with Crippen LogP contribution in [-0.4, -0.2) is 18.1 Å². The maximum Gasteiger partial charge on any atom is 0.310 e. The highest BCUT2D eigenvalue weighted by molar-refractivity contribution is 6.30. The summed E-state index contributed by atoms with van der Waals surface area (Å²) in [4.78, 5) is 12.0. The van der Waals surface area contributed by atoms with Gasteiger partial charge in [0.2, 0.25) is 0 Å². The molecule has 0 saturated carbocycles. The molecule has 3 nitrogen and oxygen atoms in total. The second-order valence-corrected chi connectivity index (χ2v) is 5.56. The van der Waals surface area contributed by atoms with Crippen molar-refractivity contribution in [3.8, 4) is 0 Å². The van der Waals surface area contributed by atoms with Crippen LogP contribution in [0.3, 0.4) is 0 Å². The van der Waals surface area contributed by atoms with Gasteiger partial charge in [-0.25, -0.2) is 0 Å². The minimum Gasteiger partial charge on any atom is -0.461 e. The van der Waals surface area contributed by atoms with Crippen molar-refractivity contribution in [2.24, 2.45) is 5.92 Å². The molecule has 4 heteroatoms. The number of rotatable bonds is 3. The first kappa shape index (κ1) is 12.0. The Morgan fingerprint density at radius 1 is 1.44 bits per heavy atom. The third kappa shape index (κ3) is 2.38. The Labute approximate surface area is 111 Å². The van der Waals surface area contributed by atoms with Gasteiger partial charge in [-0.3, -0.25) is 4.79 Å². The van der Waals surface area contributed by atoms with Gasteiger partial charge in [0.15, 0.2) is 0 Å². The minimum atomic E-state index is -0.0744. The van der Waals surface area contributed by atoms with Crippen LogP contribution in [0.1, 0.15) is 24.8 Å². The standard InChI is InChI=1S/C14H16ClNO2/c15-10-3-1-2-9(6-10)8-18-14(17)12-7-11-4-5-13(12)16-11/h1-3,6,11-13,16H,4-5,7-8H2. The lowest BCUT2D eigenvalue weighted by Crippen LogP contribution is -2.30. The first-order chi connectivity index (χ1) is 8.72. The number of ether oxygens (including phenoxy) is 1. The highest BCUT2D eigenvalue weighted by Crippen LogP contribution is 2.34. The van der Waals surface area contributed by atoms with Crippen LogP contribution in [0.25, 0.3) is 0 Å². The Hall–Kier alpha value is -1.06. The van der Waals surface area contributed by atoms with Gasteiger partial charge < -0.3 is 10.1 Å². The minimum absolute atomic E-state index is 0.0444. The van der Waals surface area contributed by atoms with Crippen LogP contribution in [0.5, 0.6) is 0 Å². The van der Waals surface area contributed by atoms with Crippen molar-refractivity contribution < 1.29 is 9.53 Å². The zero-order valence-electron chi connectivity index (χ0n) is 10.1. The average Bonchev–Trinajstić information content (AvgIpc) is 2.98. The van der Waals surface area contributed by atoms with Gasteiger partial charge in [-0.2, -0.15) is 0 Å². The number of carbonyl (C=O) groups is 1. The van der Waals surface area contributed by atoms with Crippen LogP contribution >= 0.6 is 11.6 Å². The molecule has 2 saturated heterocycles. The number of hydrogen-bond acceptors (Lipinski definition) is 3. The summed E-state index contributed by atoms with van der Waals surface area (Å²) in [6.45, 7) is 0.313. The lowest BCUT2D eigenvalue weighted by Gasteiger charge is -2.18. The summed E-state index contributed by atoms with van der Waals surface area (Å²) >= 11 is 5.89. The van der Waals surface area contributed by atoms with Crippen LogP contribution in [0.2, 0.25) is 5.02 Å². The van der Waals surface area contributed by atoms with Gasteiger partial charge in [0.25, 0.3) is 0 Å². The Morgan fingerprint density at radius 2 is 2.33 bits per heavy atom. The Kier molecular flexibility index (Phi) is 3.27. The molecule has 3 unspecified atom stereocenters. The van der Waals surface area contributed by atoms with Crippen molar-refractivity contribution in [3.63, 3.8) is 0 Å². The smallest absolute Gasteiger partial charge is 0.310 e. The molecule has 3 rings (SSSR count). The Balaban J connectivity index is 1.56. The molecular formula is C14H16ClNO2. The van der Waals surface area contributed by atoms with Gasteiger partial charge in [-0.15, -0.1) is 0 Å².